The number of rotatable bonds is 7. The summed E-state index contributed by atoms with van der Waals surface area (Å²) in [4.78, 5) is 37.1. The molecular formula is C24H22F4N6O4. The van der Waals surface area contributed by atoms with E-state index in [-0.39, 0.29) is 43.3 Å². The van der Waals surface area contributed by atoms with Gasteiger partial charge in [0.25, 0.3) is 0 Å². The summed E-state index contributed by atoms with van der Waals surface area (Å²) in [5.41, 5.74) is -1.61. The average Bonchev–Trinajstić information content (AvgIpc) is 3.34. The van der Waals surface area contributed by atoms with Crippen LogP contribution in [-0.4, -0.2) is 45.7 Å². The Morgan fingerprint density at radius 3 is 2.58 bits per heavy atom. The number of benzene rings is 1. The van der Waals surface area contributed by atoms with Crippen LogP contribution in [0.3, 0.4) is 0 Å². The number of pyridine rings is 1. The van der Waals surface area contributed by atoms with Crippen molar-refractivity contribution in [2.24, 2.45) is 0 Å². The molecule has 10 nitrogen and oxygen atoms in total. The Hall–Kier alpha value is -4.33. The molecule has 2 aromatic heterocycles. The number of aryl methyl sites for hydroxylation is 1. The second kappa shape index (κ2) is 11.0. The van der Waals surface area contributed by atoms with Gasteiger partial charge in [-0.05, 0) is 36.8 Å². The van der Waals surface area contributed by atoms with Gasteiger partial charge < -0.3 is 25.4 Å². The lowest BCUT2D eigenvalue weighted by molar-refractivity contribution is -0.137. The van der Waals surface area contributed by atoms with Gasteiger partial charge >= 0.3 is 12.3 Å². The lowest BCUT2D eigenvalue weighted by Gasteiger charge is -2.27. The molecule has 14 heteroatoms. The number of halogens is 4. The summed E-state index contributed by atoms with van der Waals surface area (Å²) >= 11 is 0. The van der Waals surface area contributed by atoms with Crippen LogP contribution in [0, 0.1) is 12.7 Å². The minimum Gasteiger partial charge on any atom is -0.407 e. The third-order valence-electron chi connectivity index (χ3n) is 5.71. The number of aromatic nitrogens is 3. The third kappa shape index (κ3) is 6.32. The van der Waals surface area contributed by atoms with E-state index in [9.17, 15) is 27.2 Å². The SMILES string of the molecule is Cc1cc(Nc2ccc(F)cc2C(F)(F)F)cnc1CNC(=O)[C@]1(NC(=O)Oc2cncnc2)CCOC1. The zero-order valence-electron chi connectivity index (χ0n) is 19.9. The average molecular weight is 534 g/mol. The van der Waals surface area contributed by atoms with Gasteiger partial charge in [0.1, 0.15) is 17.7 Å². The first-order valence-corrected chi connectivity index (χ1v) is 11.3. The monoisotopic (exact) mass is 534 g/mol. The van der Waals surface area contributed by atoms with Gasteiger partial charge in [0, 0.05) is 13.0 Å². The van der Waals surface area contributed by atoms with Gasteiger partial charge in [-0.2, -0.15) is 13.2 Å². The number of nitrogens with one attached hydrogen (secondary N) is 3. The molecule has 3 heterocycles. The van der Waals surface area contributed by atoms with E-state index in [4.69, 9.17) is 9.47 Å². The summed E-state index contributed by atoms with van der Waals surface area (Å²) in [5.74, 6) is -1.44. The zero-order valence-corrected chi connectivity index (χ0v) is 19.9. The van der Waals surface area contributed by atoms with E-state index in [1.54, 1.807) is 13.0 Å². The van der Waals surface area contributed by atoms with Crippen molar-refractivity contribution in [1.82, 2.24) is 25.6 Å². The molecule has 2 amide bonds. The van der Waals surface area contributed by atoms with Gasteiger partial charge in [-0.3, -0.25) is 9.78 Å². The largest absolute Gasteiger partial charge is 0.418 e. The van der Waals surface area contributed by atoms with E-state index in [1.165, 1.54) is 24.9 Å². The molecule has 4 rings (SSSR count). The fourth-order valence-electron chi connectivity index (χ4n) is 3.77. The van der Waals surface area contributed by atoms with Crippen molar-refractivity contribution in [3.05, 3.63) is 71.8 Å². The molecular weight excluding hydrogens is 512 g/mol. The number of carbonyl (C=O) groups is 2. The molecule has 3 aromatic rings. The smallest absolute Gasteiger partial charge is 0.407 e. The third-order valence-corrected chi connectivity index (χ3v) is 5.71. The van der Waals surface area contributed by atoms with Gasteiger partial charge in [-0.25, -0.2) is 19.2 Å². The summed E-state index contributed by atoms with van der Waals surface area (Å²) in [6, 6.07) is 3.87. The number of ether oxygens (including phenoxy) is 2. The fraction of sp³-hybridized carbons (Fsp3) is 0.292. The molecule has 1 aliphatic rings. The van der Waals surface area contributed by atoms with Crippen molar-refractivity contribution in [2.75, 3.05) is 18.5 Å². The zero-order chi connectivity index (χ0) is 27.3. The molecule has 1 saturated heterocycles. The molecule has 1 fully saturated rings. The predicted molar refractivity (Wildman–Crippen MR) is 125 cm³/mol. The van der Waals surface area contributed by atoms with Crippen molar-refractivity contribution in [2.45, 2.75) is 31.6 Å². The maximum absolute atomic E-state index is 13.4. The van der Waals surface area contributed by atoms with Crippen LogP contribution in [0.4, 0.5) is 33.7 Å². The van der Waals surface area contributed by atoms with Crippen LogP contribution in [0.2, 0.25) is 0 Å². The minimum atomic E-state index is -4.76. The molecule has 0 spiro atoms. The maximum Gasteiger partial charge on any atom is 0.418 e. The Kier molecular flexibility index (Phi) is 7.71. The molecule has 1 aliphatic heterocycles. The van der Waals surface area contributed by atoms with E-state index in [0.29, 0.717) is 17.3 Å². The number of anilines is 2. The first kappa shape index (κ1) is 26.7. The molecule has 200 valence electrons. The number of nitrogens with zero attached hydrogens (tertiary/aromatic N) is 3. The minimum absolute atomic E-state index is 0.0275. The summed E-state index contributed by atoms with van der Waals surface area (Å²) < 4.78 is 63.7. The maximum atomic E-state index is 13.4. The molecule has 0 aliphatic carbocycles. The summed E-state index contributed by atoms with van der Waals surface area (Å²) in [6.45, 7) is 1.80. The van der Waals surface area contributed by atoms with Crippen LogP contribution in [0.15, 0.2) is 49.2 Å². The first-order valence-electron chi connectivity index (χ1n) is 11.3. The molecule has 0 unspecified atom stereocenters. The van der Waals surface area contributed by atoms with Crippen LogP contribution in [0.5, 0.6) is 5.75 Å². The number of hydrogen-bond acceptors (Lipinski definition) is 8. The van der Waals surface area contributed by atoms with Gasteiger partial charge in [-0.1, -0.05) is 0 Å². The van der Waals surface area contributed by atoms with Crippen LogP contribution in [-0.2, 0) is 22.3 Å². The highest BCUT2D eigenvalue weighted by atomic mass is 19.4. The van der Waals surface area contributed by atoms with Gasteiger partial charge in [0.15, 0.2) is 5.75 Å². The van der Waals surface area contributed by atoms with Gasteiger partial charge in [0.2, 0.25) is 5.91 Å². The standard InChI is InChI=1S/C24H22F4N6O4/c1-14-6-16(33-19-3-2-15(25)7-18(19)24(26,27)28)8-31-20(14)11-32-21(35)23(4-5-37-12-23)34-22(36)38-17-9-29-13-30-10-17/h2-3,6-10,13,33H,4-5,11-12H2,1H3,(H,32,35)(H,34,36)/t23-/m0/s1. The van der Waals surface area contributed by atoms with Crippen LogP contribution in [0.1, 0.15) is 23.2 Å². The lowest BCUT2D eigenvalue weighted by Crippen LogP contribution is -2.59. The number of hydrogen-bond donors (Lipinski definition) is 3. The van der Waals surface area contributed by atoms with Crippen LogP contribution < -0.4 is 20.7 Å². The number of alkyl halides is 3. The topological polar surface area (TPSA) is 127 Å². The molecule has 0 bridgehead atoms. The van der Waals surface area contributed by atoms with Crippen molar-refractivity contribution in [3.8, 4) is 5.75 Å². The summed E-state index contributed by atoms with van der Waals surface area (Å²) in [6.07, 6.45) is -0.297. The van der Waals surface area contributed by atoms with Crippen molar-refractivity contribution >= 4 is 23.4 Å². The quantitative estimate of drug-likeness (QED) is 0.392. The van der Waals surface area contributed by atoms with Crippen molar-refractivity contribution in [3.63, 3.8) is 0 Å². The van der Waals surface area contributed by atoms with Crippen molar-refractivity contribution in [1.29, 1.82) is 0 Å². The number of amides is 2. The number of carbonyl (C=O) groups excluding carboxylic acids is 2. The Morgan fingerprint density at radius 2 is 1.92 bits per heavy atom. The highest BCUT2D eigenvalue weighted by molar-refractivity contribution is 5.90. The molecule has 0 radical (unpaired) electrons. The normalized spacial score (nSPS) is 17.1. The lowest BCUT2D eigenvalue weighted by atomic mass is 9.97. The summed E-state index contributed by atoms with van der Waals surface area (Å²) in [5, 5.41) is 7.86. The van der Waals surface area contributed by atoms with E-state index in [0.717, 1.165) is 12.1 Å². The van der Waals surface area contributed by atoms with E-state index < -0.39 is 35.1 Å². The molecule has 1 aromatic carbocycles. The van der Waals surface area contributed by atoms with Gasteiger partial charge in [-0.15, -0.1) is 0 Å². The Morgan fingerprint density at radius 1 is 1.16 bits per heavy atom. The second-order valence-corrected chi connectivity index (χ2v) is 8.46. The van der Waals surface area contributed by atoms with Crippen LogP contribution in [0.25, 0.3) is 0 Å². The van der Waals surface area contributed by atoms with Crippen molar-refractivity contribution < 1.29 is 36.6 Å². The Labute approximate surface area is 213 Å². The van der Waals surface area contributed by atoms with E-state index >= 15 is 0 Å². The second-order valence-electron chi connectivity index (χ2n) is 8.46. The molecule has 1 atom stereocenters. The highest BCUT2D eigenvalue weighted by Crippen LogP contribution is 2.36. The van der Waals surface area contributed by atoms with E-state index in [2.05, 4.69) is 30.9 Å². The fourth-order valence-corrected chi connectivity index (χ4v) is 3.77. The van der Waals surface area contributed by atoms with Crippen LogP contribution >= 0.6 is 0 Å². The molecule has 38 heavy (non-hydrogen) atoms. The molecule has 0 saturated carbocycles. The predicted octanol–water partition coefficient (Wildman–Crippen LogP) is 3.65. The highest BCUT2D eigenvalue weighted by Gasteiger charge is 2.44. The first-order chi connectivity index (χ1) is 18.1. The summed E-state index contributed by atoms with van der Waals surface area (Å²) in [7, 11) is 0. The Bertz CT molecular complexity index is 1320. The Balaban J connectivity index is 1.41. The van der Waals surface area contributed by atoms with E-state index in [1.807, 2.05) is 0 Å². The van der Waals surface area contributed by atoms with Gasteiger partial charge in [0.05, 0.1) is 54.4 Å². The molecule has 3 N–H and O–H groups in total.